The number of benzene rings is 3. The molecule has 3 saturated heterocycles. The van der Waals surface area contributed by atoms with E-state index in [1.54, 1.807) is 0 Å². The van der Waals surface area contributed by atoms with Crippen molar-refractivity contribution < 1.29 is 4.52 Å². The Hall–Kier alpha value is -2.62. The van der Waals surface area contributed by atoms with Gasteiger partial charge in [0.15, 0.2) is 0 Å². The zero-order chi connectivity index (χ0) is 24.5. The normalized spacial score (nSPS) is 24.4. The standard InChI is InChI=1S/C31H31N2OPS/c1-2-23-22-33-20-18-24(23)21-30(33)31(28-17-19-32-29-16-10-9-15-27(28)29)34-35(36,25-11-5-3-6-12-25)26-13-7-4-8-14-26/h2-17,19,23-24,30-31H,1,18,20-22H2/t23-,24-,30-,31+/m0/s1. The van der Waals surface area contributed by atoms with E-state index in [4.69, 9.17) is 16.3 Å². The number of hydrogen-bond donors (Lipinski definition) is 0. The molecule has 3 fully saturated rings. The van der Waals surface area contributed by atoms with Crippen LogP contribution in [0.2, 0.25) is 0 Å². The first-order valence-corrected chi connectivity index (χ1v) is 15.5. The van der Waals surface area contributed by atoms with Crippen LogP contribution in [0.1, 0.15) is 24.5 Å². The summed E-state index contributed by atoms with van der Waals surface area (Å²) in [6.45, 7) is 6.28. The molecule has 7 rings (SSSR count). The second-order valence-corrected chi connectivity index (χ2v) is 13.8. The highest BCUT2D eigenvalue weighted by atomic mass is 32.4. The van der Waals surface area contributed by atoms with Crippen LogP contribution in [-0.4, -0.2) is 29.0 Å². The number of aromatic nitrogens is 1. The number of piperidine rings is 3. The molecule has 3 aromatic carbocycles. The molecule has 3 nitrogen and oxygen atoms in total. The van der Waals surface area contributed by atoms with Gasteiger partial charge in [0.1, 0.15) is 12.4 Å². The topological polar surface area (TPSA) is 25.4 Å². The first kappa shape index (κ1) is 23.8. The molecule has 0 radical (unpaired) electrons. The molecule has 2 bridgehead atoms. The maximum atomic E-state index is 7.40. The largest absolute Gasteiger partial charge is 0.333 e. The van der Waals surface area contributed by atoms with E-state index >= 15 is 0 Å². The summed E-state index contributed by atoms with van der Waals surface area (Å²) in [5.41, 5.74) is 2.19. The molecule has 36 heavy (non-hydrogen) atoms. The highest BCUT2D eigenvalue weighted by Gasteiger charge is 2.45. The number of rotatable bonds is 7. The Morgan fingerprint density at radius 3 is 2.25 bits per heavy atom. The van der Waals surface area contributed by atoms with Crippen LogP contribution in [0.3, 0.4) is 0 Å². The minimum atomic E-state index is -2.57. The van der Waals surface area contributed by atoms with E-state index in [9.17, 15) is 0 Å². The zero-order valence-corrected chi connectivity index (χ0v) is 22.0. The molecule has 0 amide bonds. The van der Waals surface area contributed by atoms with Gasteiger partial charge in [0.05, 0.1) is 5.52 Å². The van der Waals surface area contributed by atoms with Crippen LogP contribution in [0.15, 0.2) is 110 Å². The van der Waals surface area contributed by atoms with E-state index in [0.29, 0.717) is 11.8 Å². The summed E-state index contributed by atoms with van der Waals surface area (Å²) in [6, 6.07) is 31.7. The summed E-state index contributed by atoms with van der Waals surface area (Å²) in [4.78, 5) is 7.28. The van der Waals surface area contributed by atoms with Crippen LogP contribution in [0.4, 0.5) is 0 Å². The maximum Gasteiger partial charge on any atom is 0.124 e. The third-order valence-electron chi connectivity index (χ3n) is 7.95. The van der Waals surface area contributed by atoms with Crippen molar-refractivity contribution in [3.63, 3.8) is 0 Å². The van der Waals surface area contributed by atoms with Crippen LogP contribution in [0, 0.1) is 11.8 Å². The van der Waals surface area contributed by atoms with Gasteiger partial charge in [-0.05, 0) is 48.9 Å². The summed E-state index contributed by atoms with van der Waals surface area (Å²) in [5.74, 6) is 1.19. The summed E-state index contributed by atoms with van der Waals surface area (Å²) in [6.07, 6.45) is 3.67. The van der Waals surface area contributed by atoms with Crippen molar-refractivity contribution in [1.29, 1.82) is 0 Å². The molecule has 5 atom stereocenters. The number of pyridine rings is 1. The molecule has 0 aliphatic carbocycles. The zero-order valence-electron chi connectivity index (χ0n) is 20.3. The first-order chi connectivity index (χ1) is 17.7. The lowest BCUT2D eigenvalue weighted by Gasteiger charge is -2.52. The van der Waals surface area contributed by atoms with Crippen molar-refractivity contribution in [1.82, 2.24) is 9.88 Å². The van der Waals surface area contributed by atoms with Gasteiger partial charge >= 0.3 is 0 Å². The number of fused-ring (bicyclic) bond motifs is 4. The van der Waals surface area contributed by atoms with Gasteiger partial charge in [-0.15, -0.1) is 6.58 Å². The van der Waals surface area contributed by atoms with Crippen molar-refractivity contribution in [2.75, 3.05) is 13.1 Å². The average Bonchev–Trinajstić information content (AvgIpc) is 2.96. The van der Waals surface area contributed by atoms with Gasteiger partial charge in [-0.25, -0.2) is 0 Å². The van der Waals surface area contributed by atoms with Crippen LogP contribution in [0.5, 0.6) is 0 Å². The SMILES string of the molecule is C=C[C@H]1CN2CC[C@H]1C[C@H]2[C@H](OP(=S)(c1ccccc1)c1ccccc1)c1ccnc2ccccc12. The van der Waals surface area contributed by atoms with Gasteiger partial charge in [-0.1, -0.05) is 96.7 Å². The van der Waals surface area contributed by atoms with Gasteiger partial charge < -0.3 is 4.52 Å². The number of para-hydroxylation sites is 1. The van der Waals surface area contributed by atoms with Crippen LogP contribution in [0.25, 0.3) is 10.9 Å². The molecule has 1 unspecified atom stereocenters. The van der Waals surface area contributed by atoms with Crippen molar-refractivity contribution in [2.24, 2.45) is 11.8 Å². The minimum Gasteiger partial charge on any atom is -0.333 e. The molecule has 4 aromatic rings. The summed E-state index contributed by atoms with van der Waals surface area (Å²) in [5, 5.41) is 3.33. The maximum absolute atomic E-state index is 7.40. The number of hydrogen-bond acceptors (Lipinski definition) is 4. The Balaban J connectivity index is 1.51. The van der Waals surface area contributed by atoms with Gasteiger partial charge in [0.25, 0.3) is 0 Å². The fourth-order valence-electron chi connectivity index (χ4n) is 6.07. The Morgan fingerprint density at radius 2 is 1.61 bits per heavy atom. The highest BCUT2D eigenvalue weighted by Crippen LogP contribution is 2.53. The van der Waals surface area contributed by atoms with Crippen molar-refractivity contribution in [3.05, 3.63) is 115 Å². The Bertz CT molecular complexity index is 1360. The van der Waals surface area contributed by atoms with E-state index in [1.165, 1.54) is 12.0 Å². The van der Waals surface area contributed by atoms with Crippen molar-refractivity contribution in [3.8, 4) is 0 Å². The Kier molecular flexibility index (Phi) is 6.62. The van der Waals surface area contributed by atoms with Crippen LogP contribution < -0.4 is 10.6 Å². The predicted octanol–water partition coefficient (Wildman–Crippen LogP) is 6.23. The molecule has 5 heteroatoms. The molecule has 3 aliphatic heterocycles. The lowest BCUT2D eigenvalue weighted by molar-refractivity contribution is -0.0322. The molecule has 0 saturated carbocycles. The molecule has 4 heterocycles. The Labute approximate surface area is 218 Å². The first-order valence-electron chi connectivity index (χ1n) is 12.8. The molecule has 182 valence electrons. The summed E-state index contributed by atoms with van der Waals surface area (Å²) in [7, 11) is 0. The molecule has 0 N–H and O–H groups in total. The minimum absolute atomic E-state index is 0.155. The van der Waals surface area contributed by atoms with E-state index in [0.717, 1.165) is 41.0 Å². The van der Waals surface area contributed by atoms with E-state index in [2.05, 4.69) is 95.3 Å². The summed E-state index contributed by atoms with van der Waals surface area (Å²) < 4.78 is 7.40. The average molecular weight is 511 g/mol. The van der Waals surface area contributed by atoms with Gasteiger partial charge in [0, 0.05) is 34.8 Å². The monoisotopic (exact) mass is 510 g/mol. The van der Waals surface area contributed by atoms with E-state index in [1.807, 2.05) is 24.4 Å². The molecule has 1 aromatic heterocycles. The van der Waals surface area contributed by atoms with Crippen molar-refractivity contribution >= 4 is 39.6 Å². The number of nitrogens with zero attached hydrogens (tertiary/aromatic N) is 2. The molecule has 3 aliphatic rings. The van der Waals surface area contributed by atoms with Crippen LogP contribution in [-0.2, 0) is 16.3 Å². The summed E-state index contributed by atoms with van der Waals surface area (Å²) >= 11 is 6.57. The van der Waals surface area contributed by atoms with Gasteiger partial charge in [0.2, 0.25) is 0 Å². The smallest absolute Gasteiger partial charge is 0.124 e. The lowest BCUT2D eigenvalue weighted by atomic mass is 9.73. The molecular weight excluding hydrogens is 479 g/mol. The van der Waals surface area contributed by atoms with E-state index in [-0.39, 0.29) is 12.1 Å². The highest BCUT2D eigenvalue weighted by molar-refractivity contribution is 8.19. The Morgan fingerprint density at radius 1 is 0.944 bits per heavy atom. The quantitative estimate of drug-likeness (QED) is 0.217. The molecular formula is C31H31N2OPS. The fraction of sp³-hybridized carbons (Fsp3) is 0.258. The second kappa shape index (κ2) is 10.0. The molecule has 0 spiro atoms. The second-order valence-electron chi connectivity index (χ2n) is 9.91. The van der Waals surface area contributed by atoms with Crippen LogP contribution >= 0.6 is 6.26 Å². The third kappa shape index (κ3) is 4.27. The van der Waals surface area contributed by atoms with E-state index < -0.39 is 6.26 Å². The predicted molar refractivity (Wildman–Crippen MR) is 154 cm³/mol. The lowest BCUT2D eigenvalue weighted by Crippen LogP contribution is -2.55. The fourth-order valence-corrected chi connectivity index (χ4v) is 9.32. The van der Waals surface area contributed by atoms with Gasteiger partial charge in [-0.2, -0.15) is 0 Å². The third-order valence-corrected chi connectivity index (χ3v) is 12.0. The van der Waals surface area contributed by atoms with Gasteiger partial charge in [-0.3, -0.25) is 9.88 Å². The van der Waals surface area contributed by atoms with Crippen molar-refractivity contribution in [2.45, 2.75) is 25.0 Å².